The number of likely N-dealkylation sites (tertiary alicyclic amines) is 1. The van der Waals surface area contributed by atoms with Crippen molar-refractivity contribution in [2.45, 2.75) is 51.6 Å². The molecule has 0 aliphatic carbocycles. The van der Waals surface area contributed by atoms with Crippen LogP contribution in [0.25, 0.3) is 0 Å². The van der Waals surface area contributed by atoms with Crippen LogP contribution in [0, 0.1) is 0 Å². The molecular weight excluding hydrogens is 258 g/mol. The van der Waals surface area contributed by atoms with E-state index in [0.717, 1.165) is 31.0 Å². The second-order valence-electron chi connectivity index (χ2n) is 5.33. The molecule has 2 rings (SSSR count). The predicted octanol–water partition coefficient (Wildman–Crippen LogP) is 4.06. The Balaban J connectivity index is 2.05. The van der Waals surface area contributed by atoms with Crippen LogP contribution < -0.4 is 0 Å². The van der Waals surface area contributed by atoms with Crippen molar-refractivity contribution in [2.24, 2.45) is 0 Å². The fraction of sp³-hybridized carbons (Fsp3) is 0.562. The van der Waals surface area contributed by atoms with Crippen LogP contribution in [0.5, 0.6) is 0 Å². The van der Waals surface area contributed by atoms with Gasteiger partial charge in [-0.3, -0.25) is 9.69 Å². The molecule has 0 bridgehead atoms. The lowest BCUT2D eigenvalue weighted by Gasteiger charge is -2.34. The van der Waals surface area contributed by atoms with Crippen LogP contribution in [0.3, 0.4) is 0 Å². The standard InChI is InChI=1S/C16H22ClNO/c1-2-6-16(19)15-9-3-4-10-18(15)12-13-7-5-8-14(17)11-13/h5,7-8,11,15H,2-4,6,9-10,12H2,1H3. The van der Waals surface area contributed by atoms with Crippen molar-refractivity contribution >= 4 is 17.4 Å². The molecule has 1 heterocycles. The van der Waals surface area contributed by atoms with E-state index < -0.39 is 0 Å². The number of carbonyl (C=O) groups is 1. The van der Waals surface area contributed by atoms with Gasteiger partial charge in [0.15, 0.2) is 0 Å². The molecule has 0 N–H and O–H groups in total. The molecule has 1 fully saturated rings. The van der Waals surface area contributed by atoms with Gasteiger partial charge in [0.05, 0.1) is 6.04 Å². The largest absolute Gasteiger partial charge is 0.298 e. The number of benzene rings is 1. The third-order valence-electron chi connectivity index (χ3n) is 3.76. The van der Waals surface area contributed by atoms with Gasteiger partial charge >= 0.3 is 0 Å². The number of Topliss-reactive ketones (excluding diaryl/α,β-unsaturated/α-hetero) is 1. The molecule has 0 aromatic heterocycles. The third-order valence-corrected chi connectivity index (χ3v) is 3.99. The Bertz CT molecular complexity index is 433. The smallest absolute Gasteiger partial charge is 0.149 e. The van der Waals surface area contributed by atoms with Gasteiger partial charge in [-0.1, -0.05) is 37.1 Å². The van der Waals surface area contributed by atoms with Crippen LogP contribution >= 0.6 is 11.6 Å². The number of piperidine rings is 1. The molecule has 3 heteroatoms. The van der Waals surface area contributed by atoms with Gasteiger partial charge < -0.3 is 0 Å². The van der Waals surface area contributed by atoms with Crippen molar-refractivity contribution in [2.75, 3.05) is 6.54 Å². The highest BCUT2D eigenvalue weighted by atomic mass is 35.5. The summed E-state index contributed by atoms with van der Waals surface area (Å²) < 4.78 is 0. The molecule has 1 unspecified atom stereocenters. The number of carbonyl (C=O) groups excluding carboxylic acids is 1. The van der Waals surface area contributed by atoms with Crippen molar-refractivity contribution in [3.8, 4) is 0 Å². The zero-order chi connectivity index (χ0) is 13.7. The summed E-state index contributed by atoms with van der Waals surface area (Å²) >= 11 is 6.03. The first-order valence-electron chi connectivity index (χ1n) is 7.22. The second-order valence-corrected chi connectivity index (χ2v) is 5.76. The van der Waals surface area contributed by atoms with Gasteiger partial charge in [-0.25, -0.2) is 0 Å². The zero-order valence-corrected chi connectivity index (χ0v) is 12.3. The molecule has 0 radical (unpaired) electrons. The number of ketones is 1. The fourth-order valence-corrected chi connectivity index (χ4v) is 3.04. The Morgan fingerprint density at radius 3 is 3.00 bits per heavy atom. The summed E-state index contributed by atoms with van der Waals surface area (Å²) in [6.45, 7) is 3.93. The molecule has 1 aliphatic rings. The van der Waals surface area contributed by atoms with Gasteiger partial charge in [0.25, 0.3) is 0 Å². The SMILES string of the molecule is CCCC(=O)C1CCCCN1Cc1cccc(Cl)c1. The summed E-state index contributed by atoms with van der Waals surface area (Å²) in [6, 6.07) is 8.07. The Hall–Kier alpha value is -0.860. The minimum atomic E-state index is 0.118. The number of hydrogen-bond donors (Lipinski definition) is 0. The van der Waals surface area contributed by atoms with Gasteiger partial charge in [0, 0.05) is 18.0 Å². The molecule has 104 valence electrons. The maximum absolute atomic E-state index is 12.2. The quantitative estimate of drug-likeness (QED) is 0.810. The highest BCUT2D eigenvalue weighted by molar-refractivity contribution is 6.30. The van der Waals surface area contributed by atoms with E-state index in [-0.39, 0.29) is 6.04 Å². The average molecular weight is 280 g/mol. The van der Waals surface area contributed by atoms with E-state index in [4.69, 9.17) is 11.6 Å². The first-order chi connectivity index (χ1) is 9.20. The summed E-state index contributed by atoms with van der Waals surface area (Å²) in [5.41, 5.74) is 1.20. The van der Waals surface area contributed by atoms with Crippen LogP contribution in [0.1, 0.15) is 44.6 Å². The molecule has 1 atom stereocenters. The Labute approximate surface area is 120 Å². The van der Waals surface area contributed by atoms with Gasteiger partial charge in [0.1, 0.15) is 5.78 Å². The van der Waals surface area contributed by atoms with Crippen LogP contribution in [0.15, 0.2) is 24.3 Å². The highest BCUT2D eigenvalue weighted by Crippen LogP contribution is 2.22. The number of hydrogen-bond acceptors (Lipinski definition) is 2. The summed E-state index contributed by atoms with van der Waals surface area (Å²) in [5, 5.41) is 0.769. The number of rotatable bonds is 5. The maximum Gasteiger partial charge on any atom is 0.149 e. The molecule has 2 nitrogen and oxygen atoms in total. The normalized spacial score (nSPS) is 20.4. The predicted molar refractivity (Wildman–Crippen MR) is 79.4 cm³/mol. The zero-order valence-electron chi connectivity index (χ0n) is 11.6. The van der Waals surface area contributed by atoms with Crippen LogP contribution in [0.2, 0.25) is 5.02 Å². The van der Waals surface area contributed by atoms with E-state index in [1.54, 1.807) is 0 Å². The molecule has 0 amide bonds. The minimum Gasteiger partial charge on any atom is -0.298 e. The van der Waals surface area contributed by atoms with E-state index in [0.29, 0.717) is 12.2 Å². The summed E-state index contributed by atoms with van der Waals surface area (Å²) in [4.78, 5) is 14.5. The molecule has 1 aromatic carbocycles. The van der Waals surface area contributed by atoms with Gasteiger partial charge in [-0.2, -0.15) is 0 Å². The van der Waals surface area contributed by atoms with E-state index in [1.807, 2.05) is 18.2 Å². The van der Waals surface area contributed by atoms with E-state index in [9.17, 15) is 4.79 Å². The molecule has 19 heavy (non-hydrogen) atoms. The Morgan fingerprint density at radius 2 is 2.26 bits per heavy atom. The Kier molecular flexibility index (Phi) is 5.41. The van der Waals surface area contributed by atoms with Crippen LogP contribution in [-0.4, -0.2) is 23.3 Å². The summed E-state index contributed by atoms with van der Waals surface area (Å²) in [7, 11) is 0. The van der Waals surface area contributed by atoms with E-state index in [2.05, 4.69) is 17.9 Å². The van der Waals surface area contributed by atoms with Crippen molar-refractivity contribution in [1.29, 1.82) is 0 Å². The van der Waals surface area contributed by atoms with E-state index in [1.165, 1.54) is 18.4 Å². The monoisotopic (exact) mass is 279 g/mol. The molecule has 1 aliphatic heterocycles. The third kappa shape index (κ3) is 4.05. The lowest BCUT2D eigenvalue weighted by atomic mass is 9.95. The van der Waals surface area contributed by atoms with Gasteiger partial charge in [0.2, 0.25) is 0 Å². The lowest BCUT2D eigenvalue weighted by Crippen LogP contribution is -2.44. The van der Waals surface area contributed by atoms with Crippen molar-refractivity contribution < 1.29 is 4.79 Å². The first-order valence-corrected chi connectivity index (χ1v) is 7.59. The molecular formula is C16H22ClNO. The highest BCUT2D eigenvalue weighted by Gasteiger charge is 2.27. The Morgan fingerprint density at radius 1 is 1.42 bits per heavy atom. The topological polar surface area (TPSA) is 20.3 Å². The number of nitrogens with zero attached hydrogens (tertiary/aromatic N) is 1. The van der Waals surface area contributed by atoms with Gasteiger partial charge in [-0.15, -0.1) is 0 Å². The fourth-order valence-electron chi connectivity index (χ4n) is 2.83. The second kappa shape index (κ2) is 7.06. The molecule has 1 aromatic rings. The lowest BCUT2D eigenvalue weighted by molar-refractivity contribution is -0.125. The summed E-state index contributed by atoms with van der Waals surface area (Å²) in [5.74, 6) is 0.407. The van der Waals surface area contributed by atoms with Crippen molar-refractivity contribution in [1.82, 2.24) is 4.90 Å². The molecule has 1 saturated heterocycles. The summed E-state index contributed by atoms with van der Waals surface area (Å²) in [6.07, 6.45) is 5.03. The van der Waals surface area contributed by atoms with Crippen molar-refractivity contribution in [3.05, 3.63) is 34.9 Å². The van der Waals surface area contributed by atoms with E-state index >= 15 is 0 Å². The van der Waals surface area contributed by atoms with Crippen LogP contribution in [0.4, 0.5) is 0 Å². The minimum absolute atomic E-state index is 0.118. The van der Waals surface area contributed by atoms with Crippen LogP contribution in [-0.2, 0) is 11.3 Å². The van der Waals surface area contributed by atoms with Crippen molar-refractivity contribution in [3.63, 3.8) is 0 Å². The van der Waals surface area contributed by atoms with Gasteiger partial charge in [-0.05, 0) is 43.5 Å². The molecule has 0 spiro atoms. The maximum atomic E-state index is 12.2. The first kappa shape index (κ1) is 14.5. The average Bonchev–Trinajstić information content (AvgIpc) is 2.39. The molecule has 0 saturated carbocycles. The number of halogens is 1.